The number of imide groups is 1. The number of amides is 3. The summed E-state index contributed by atoms with van der Waals surface area (Å²) in [5.41, 5.74) is 2.04. The number of nitrogens with zero attached hydrogens (tertiary/aromatic N) is 3. The Bertz CT molecular complexity index is 679. The Balaban J connectivity index is 1.34. The first-order valence-electron chi connectivity index (χ1n) is 10.4. The molecule has 0 unspecified atom stereocenters. The van der Waals surface area contributed by atoms with E-state index in [9.17, 15) is 9.59 Å². The zero-order valence-corrected chi connectivity index (χ0v) is 16.0. The van der Waals surface area contributed by atoms with Gasteiger partial charge in [-0.1, -0.05) is 12.5 Å². The first-order valence-corrected chi connectivity index (χ1v) is 10.4. The van der Waals surface area contributed by atoms with Crippen molar-refractivity contribution in [3.05, 3.63) is 24.3 Å². The molecule has 3 amide bonds. The van der Waals surface area contributed by atoms with Crippen LogP contribution in [0.3, 0.4) is 0 Å². The van der Waals surface area contributed by atoms with Crippen LogP contribution in [0.4, 0.5) is 16.2 Å². The van der Waals surface area contributed by atoms with Gasteiger partial charge in [0.15, 0.2) is 0 Å². The molecule has 0 aliphatic carbocycles. The van der Waals surface area contributed by atoms with Crippen LogP contribution in [0.5, 0.6) is 0 Å². The zero-order valence-electron chi connectivity index (χ0n) is 16.0. The molecule has 6 nitrogen and oxygen atoms in total. The normalized spacial score (nSPS) is 22.8. The number of hydrogen-bond acceptors (Lipinski definition) is 4. The van der Waals surface area contributed by atoms with Gasteiger partial charge in [0, 0.05) is 44.0 Å². The molecule has 3 fully saturated rings. The van der Waals surface area contributed by atoms with Gasteiger partial charge in [-0.25, -0.2) is 4.79 Å². The average Bonchev–Trinajstić information content (AvgIpc) is 2.69. The molecule has 6 heteroatoms. The molecule has 0 bridgehead atoms. The van der Waals surface area contributed by atoms with Crippen LogP contribution in [0.25, 0.3) is 0 Å². The fourth-order valence-corrected chi connectivity index (χ4v) is 4.55. The van der Waals surface area contributed by atoms with Gasteiger partial charge in [-0.05, 0) is 62.9 Å². The third-order valence-electron chi connectivity index (χ3n) is 6.14. The van der Waals surface area contributed by atoms with Crippen molar-refractivity contribution in [3.8, 4) is 0 Å². The molecule has 4 rings (SSSR count). The number of hydrogen-bond donors (Lipinski definition) is 1. The summed E-state index contributed by atoms with van der Waals surface area (Å²) in [6.45, 7) is 6.42. The first-order chi connectivity index (χ1) is 13.2. The van der Waals surface area contributed by atoms with E-state index >= 15 is 0 Å². The van der Waals surface area contributed by atoms with Gasteiger partial charge in [-0.2, -0.15) is 0 Å². The summed E-state index contributed by atoms with van der Waals surface area (Å²) in [5.74, 6) is 0.615. The van der Waals surface area contributed by atoms with E-state index in [1.807, 2.05) is 12.1 Å². The van der Waals surface area contributed by atoms with Crippen molar-refractivity contribution in [1.82, 2.24) is 10.2 Å². The Morgan fingerprint density at radius 2 is 1.67 bits per heavy atom. The van der Waals surface area contributed by atoms with E-state index < -0.39 is 0 Å². The highest BCUT2D eigenvalue weighted by Gasteiger charge is 2.26. The largest absolute Gasteiger partial charge is 0.371 e. The molecule has 0 spiro atoms. The summed E-state index contributed by atoms with van der Waals surface area (Å²) in [5, 5.41) is 2.40. The van der Waals surface area contributed by atoms with Gasteiger partial charge >= 0.3 is 6.03 Å². The second-order valence-electron chi connectivity index (χ2n) is 8.07. The van der Waals surface area contributed by atoms with E-state index in [1.54, 1.807) is 4.90 Å². The molecule has 3 aliphatic heterocycles. The van der Waals surface area contributed by atoms with Crippen molar-refractivity contribution >= 4 is 23.3 Å². The highest BCUT2D eigenvalue weighted by atomic mass is 16.2. The highest BCUT2D eigenvalue weighted by Crippen LogP contribution is 2.28. The van der Waals surface area contributed by atoms with Gasteiger partial charge < -0.3 is 9.80 Å². The predicted octanol–water partition coefficient (Wildman–Crippen LogP) is 2.84. The Kier molecular flexibility index (Phi) is 5.62. The molecule has 3 saturated heterocycles. The van der Waals surface area contributed by atoms with Crippen molar-refractivity contribution in [3.63, 3.8) is 0 Å². The second kappa shape index (κ2) is 8.30. The van der Waals surface area contributed by atoms with Gasteiger partial charge in [0.05, 0.1) is 0 Å². The quantitative estimate of drug-likeness (QED) is 0.885. The Morgan fingerprint density at radius 1 is 0.926 bits per heavy atom. The molecule has 3 heterocycles. The van der Waals surface area contributed by atoms with Gasteiger partial charge in [0.1, 0.15) is 0 Å². The number of carbonyl (C=O) groups is 2. The van der Waals surface area contributed by atoms with E-state index in [1.165, 1.54) is 57.4 Å². The first kappa shape index (κ1) is 18.3. The Hall–Kier alpha value is -2.08. The van der Waals surface area contributed by atoms with Gasteiger partial charge in [-0.3, -0.25) is 15.0 Å². The van der Waals surface area contributed by atoms with Crippen molar-refractivity contribution in [2.24, 2.45) is 5.92 Å². The van der Waals surface area contributed by atoms with E-state index in [4.69, 9.17) is 0 Å². The average molecular weight is 370 g/mol. The lowest BCUT2D eigenvalue weighted by molar-refractivity contribution is -0.120. The highest BCUT2D eigenvalue weighted by molar-refractivity contribution is 6.05. The molecule has 0 aromatic heterocycles. The lowest BCUT2D eigenvalue weighted by atomic mass is 9.95. The summed E-state index contributed by atoms with van der Waals surface area (Å²) >= 11 is 0. The molecule has 27 heavy (non-hydrogen) atoms. The van der Waals surface area contributed by atoms with Crippen LogP contribution >= 0.6 is 0 Å². The number of rotatable bonds is 4. The standard InChI is InChI=1S/C21H30N4O2/c26-20-9-14-25(21(27)22-20)19-6-4-5-18(15-19)24-12-7-17(8-13-24)16-23-10-2-1-3-11-23/h4-6,15,17H,1-3,7-14,16H2,(H,22,26,27). The lowest BCUT2D eigenvalue weighted by Gasteiger charge is -2.37. The number of carbonyl (C=O) groups excluding carboxylic acids is 2. The predicted molar refractivity (Wildman–Crippen MR) is 107 cm³/mol. The lowest BCUT2D eigenvalue weighted by Crippen LogP contribution is -2.49. The van der Waals surface area contributed by atoms with Crippen LogP contribution in [0.15, 0.2) is 24.3 Å². The van der Waals surface area contributed by atoms with Crippen LogP contribution in [-0.2, 0) is 4.79 Å². The number of anilines is 2. The molecular formula is C21H30N4O2. The number of urea groups is 1. The van der Waals surface area contributed by atoms with E-state index in [0.29, 0.717) is 13.0 Å². The molecule has 0 atom stereocenters. The fourth-order valence-electron chi connectivity index (χ4n) is 4.55. The molecule has 1 aromatic carbocycles. The Morgan fingerprint density at radius 3 is 2.41 bits per heavy atom. The summed E-state index contributed by atoms with van der Waals surface area (Å²) < 4.78 is 0. The molecule has 0 radical (unpaired) electrons. The maximum atomic E-state index is 12.1. The molecule has 1 aromatic rings. The second-order valence-corrected chi connectivity index (χ2v) is 8.07. The number of nitrogens with one attached hydrogen (secondary N) is 1. The van der Waals surface area contributed by atoms with Crippen LogP contribution in [0.2, 0.25) is 0 Å². The maximum absolute atomic E-state index is 12.1. The summed E-state index contributed by atoms with van der Waals surface area (Å²) in [4.78, 5) is 30.2. The number of piperidine rings is 2. The molecular weight excluding hydrogens is 340 g/mol. The monoisotopic (exact) mass is 370 g/mol. The minimum absolute atomic E-state index is 0.191. The van der Waals surface area contributed by atoms with E-state index in [2.05, 4.69) is 27.2 Å². The summed E-state index contributed by atoms with van der Waals surface area (Å²) in [6.07, 6.45) is 6.95. The minimum Gasteiger partial charge on any atom is -0.371 e. The van der Waals surface area contributed by atoms with Crippen molar-refractivity contribution in [1.29, 1.82) is 0 Å². The van der Waals surface area contributed by atoms with Crippen LogP contribution in [-0.4, -0.2) is 56.1 Å². The van der Waals surface area contributed by atoms with E-state index in [-0.39, 0.29) is 11.9 Å². The van der Waals surface area contributed by atoms with Gasteiger partial charge in [0.25, 0.3) is 0 Å². The third kappa shape index (κ3) is 4.43. The van der Waals surface area contributed by atoms with Crippen molar-refractivity contribution in [2.45, 2.75) is 38.5 Å². The van der Waals surface area contributed by atoms with Gasteiger partial charge in [0.2, 0.25) is 5.91 Å². The van der Waals surface area contributed by atoms with E-state index in [0.717, 1.165) is 24.7 Å². The SMILES string of the molecule is O=C1CCN(c2cccc(N3CCC(CN4CCCCC4)CC3)c2)C(=O)N1. The molecule has 3 aliphatic rings. The van der Waals surface area contributed by atoms with Crippen molar-refractivity contribution in [2.75, 3.05) is 49.1 Å². The Labute approximate surface area is 161 Å². The zero-order chi connectivity index (χ0) is 18.6. The minimum atomic E-state index is -0.316. The number of likely N-dealkylation sites (tertiary alicyclic amines) is 1. The smallest absolute Gasteiger partial charge is 0.328 e. The molecule has 1 N–H and O–H groups in total. The maximum Gasteiger partial charge on any atom is 0.328 e. The van der Waals surface area contributed by atoms with Crippen molar-refractivity contribution < 1.29 is 9.59 Å². The van der Waals surface area contributed by atoms with Crippen LogP contribution < -0.4 is 15.1 Å². The van der Waals surface area contributed by atoms with Gasteiger partial charge in [-0.15, -0.1) is 0 Å². The van der Waals surface area contributed by atoms with Crippen LogP contribution in [0, 0.1) is 5.92 Å². The molecule has 146 valence electrons. The summed E-state index contributed by atoms with van der Waals surface area (Å²) in [6, 6.07) is 7.85. The topological polar surface area (TPSA) is 55.9 Å². The fraction of sp³-hybridized carbons (Fsp3) is 0.619. The summed E-state index contributed by atoms with van der Waals surface area (Å²) in [7, 11) is 0. The van der Waals surface area contributed by atoms with Crippen LogP contribution in [0.1, 0.15) is 38.5 Å². The third-order valence-corrected chi connectivity index (χ3v) is 6.14. The number of benzene rings is 1. The molecule has 0 saturated carbocycles.